The molecule has 0 aromatic heterocycles. The summed E-state index contributed by atoms with van der Waals surface area (Å²) < 4.78 is 35.3. The fourth-order valence-electron chi connectivity index (χ4n) is 1.37. The van der Waals surface area contributed by atoms with E-state index in [9.17, 15) is 22.8 Å². The highest BCUT2D eigenvalue weighted by atomic mass is 19.4. The summed E-state index contributed by atoms with van der Waals surface area (Å²) in [6.07, 6.45) is -3.61. The topological polar surface area (TPSA) is 70.2 Å². The van der Waals surface area contributed by atoms with Crippen molar-refractivity contribution in [3.8, 4) is 0 Å². The van der Waals surface area contributed by atoms with Crippen molar-refractivity contribution in [2.75, 3.05) is 13.1 Å². The normalized spacial score (nSPS) is 21.3. The molecule has 2 amide bonds. The fourth-order valence-corrected chi connectivity index (χ4v) is 1.37. The van der Waals surface area contributed by atoms with E-state index in [4.69, 9.17) is 0 Å². The van der Waals surface area contributed by atoms with Gasteiger partial charge in [-0.1, -0.05) is 0 Å². The average Bonchev–Trinajstić information content (AvgIpc) is 2.25. The zero-order chi connectivity index (χ0) is 12.2. The maximum atomic E-state index is 11.8. The second-order valence-electron chi connectivity index (χ2n) is 3.48. The van der Waals surface area contributed by atoms with Gasteiger partial charge in [-0.2, -0.15) is 13.2 Å². The van der Waals surface area contributed by atoms with Crippen LogP contribution in [0.2, 0.25) is 0 Å². The first kappa shape index (κ1) is 12.8. The number of carbonyl (C=O) groups is 2. The molecule has 1 atom stereocenters. The van der Waals surface area contributed by atoms with Crippen LogP contribution in [0.4, 0.5) is 13.2 Å². The fraction of sp³-hybridized carbons (Fsp3) is 0.750. The van der Waals surface area contributed by atoms with Gasteiger partial charge < -0.3 is 5.32 Å². The zero-order valence-corrected chi connectivity index (χ0v) is 8.36. The highest BCUT2D eigenvalue weighted by molar-refractivity contribution is 5.86. The number of piperidine rings is 1. The lowest BCUT2D eigenvalue weighted by atomic mass is 9.99. The van der Waals surface area contributed by atoms with Crippen LogP contribution in [0.3, 0.4) is 0 Å². The number of hydrogen-bond donors (Lipinski definition) is 3. The molecule has 0 saturated carbocycles. The lowest BCUT2D eigenvalue weighted by molar-refractivity contribution is -0.175. The third-order valence-corrected chi connectivity index (χ3v) is 2.22. The molecule has 0 bridgehead atoms. The Morgan fingerprint density at radius 1 is 1.25 bits per heavy atom. The molecule has 1 fully saturated rings. The number of halogens is 3. The molecule has 16 heavy (non-hydrogen) atoms. The van der Waals surface area contributed by atoms with Crippen molar-refractivity contribution in [1.29, 1.82) is 0 Å². The summed E-state index contributed by atoms with van der Waals surface area (Å²) in [4.78, 5) is 21.7. The minimum absolute atomic E-state index is 0.401. The Kier molecular flexibility index (Phi) is 4.11. The Morgan fingerprint density at radius 2 is 1.94 bits per heavy atom. The Labute approximate surface area is 89.7 Å². The average molecular weight is 239 g/mol. The number of carbonyl (C=O) groups excluding carboxylic acids is 2. The third-order valence-electron chi connectivity index (χ3n) is 2.22. The molecule has 0 radical (unpaired) electrons. The lowest BCUT2D eigenvalue weighted by Gasteiger charge is -2.22. The predicted octanol–water partition coefficient (Wildman–Crippen LogP) is -0.304. The molecular formula is C8H12F3N3O2. The van der Waals surface area contributed by atoms with Crippen molar-refractivity contribution in [3.05, 3.63) is 0 Å². The van der Waals surface area contributed by atoms with Gasteiger partial charge >= 0.3 is 12.1 Å². The summed E-state index contributed by atoms with van der Waals surface area (Å²) >= 11 is 0. The smallest absolute Gasteiger partial charge is 0.316 e. The standard InChI is InChI=1S/C8H12F3N3O2/c9-8(10,11)7(16)14-13-6(15)5-2-1-3-12-4-5/h5,12H,1-4H2,(H,13,15)(H,14,16). The molecule has 1 aliphatic rings. The summed E-state index contributed by atoms with van der Waals surface area (Å²) in [5.74, 6) is -3.18. The van der Waals surface area contributed by atoms with Crippen molar-refractivity contribution in [3.63, 3.8) is 0 Å². The molecule has 8 heteroatoms. The quantitative estimate of drug-likeness (QED) is 0.550. The number of nitrogens with one attached hydrogen (secondary N) is 3. The van der Waals surface area contributed by atoms with E-state index in [1.807, 2.05) is 0 Å². The van der Waals surface area contributed by atoms with Gasteiger partial charge in [-0.3, -0.25) is 20.4 Å². The molecule has 92 valence electrons. The Bertz CT molecular complexity index is 274. The SMILES string of the molecule is O=C(NNC(=O)C(F)(F)F)C1CCCNC1. The molecule has 1 unspecified atom stereocenters. The van der Waals surface area contributed by atoms with Crippen LogP contribution in [0.25, 0.3) is 0 Å². The van der Waals surface area contributed by atoms with E-state index in [0.29, 0.717) is 13.0 Å². The van der Waals surface area contributed by atoms with Gasteiger partial charge in [0.25, 0.3) is 0 Å². The summed E-state index contributed by atoms with van der Waals surface area (Å²) in [5, 5.41) is 2.94. The van der Waals surface area contributed by atoms with Crippen LogP contribution in [0, 0.1) is 5.92 Å². The molecule has 0 aromatic carbocycles. The van der Waals surface area contributed by atoms with Gasteiger partial charge in [0.15, 0.2) is 0 Å². The first-order chi connectivity index (χ1) is 7.41. The van der Waals surface area contributed by atoms with Crippen molar-refractivity contribution in [2.24, 2.45) is 5.92 Å². The van der Waals surface area contributed by atoms with Gasteiger partial charge in [-0.25, -0.2) is 0 Å². The molecule has 1 saturated heterocycles. The number of rotatable bonds is 1. The van der Waals surface area contributed by atoms with Crippen molar-refractivity contribution >= 4 is 11.8 Å². The number of amides is 2. The first-order valence-corrected chi connectivity index (χ1v) is 4.79. The van der Waals surface area contributed by atoms with Crippen LogP contribution in [0.15, 0.2) is 0 Å². The molecule has 3 N–H and O–H groups in total. The molecule has 0 spiro atoms. The van der Waals surface area contributed by atoms with Gasteiger partial charge in [-0.15, -0.1) is 0 Å². The van der Waals surface area contributed by atoms with E-state index >= 15 is 0 Å². The molecule has 0 aliphatic carbocycles. The maximum absolute atomic E-state index is 11.8. The van der Waals surface area contributed by atoms with Crippen LogP contribution in [-0.4, -0.2) is 31.1 Å². The third kappa shape index (κ3) is 3.69. The second-order valence-corrected chi connectivity index (χ2v) is 3.48. The number of alkyl halides is 3. The van der Waals surface area contributed by atoms with Crippen LogP contribution < -0.4 is 16.2 Å². The molecule has 5 nitrogen and oxygen atoms in total. The van der Waals surface area contributed by atoms with Gasteiger partial charge in [0.1, 0.15) is 0 Å². The van der Waals surface area contributed by atoms with E-state index in [-0.39, 0.29) is 0 Å². The van der Waals surface area contributed by atoms with Crippen LogP contribution >= 0.6 is 0 Å². The molecule has 1 aliphatic heterocycles. The highest BCUT2D eigenvalue weighted by Crippen LogP contribution is 2.14. The number of hydrogen-bond acceptors (Lipinski definition) is 3. The van der Waals surface area contributed by atoms with Crippen molar-refractivity contribution in [1.82, 2.24) is 16.2 Å². The predicted molar refractivity (Wildman–Crippen MR) is 47.9 cm³/mol. The first-order valence-electron chi connectivity index (χ1n) is 4.79. The molecule has 1 rings (SSSR count). The minimum Gasteiger partial charge on any atom is -0.316 e. The monoisotopic (exact) mass is 239 g/mol. The maximum Gasteiger partial charge on any atom is 0.472 e. The Hall–Kier alpha value is -1.31. The Balaban J connectivity index is 2.32. The van der Waals surface area contributed by atoms with Crippen LogP contribution in [-0.2, 0) is 9.59 Å². The lowest BCUT2D eigenvalue weighted by Crippen LogP contribution is -2.51. The van der Waals surface area contributed by atoms with Crippen LogP contribution in [0.5, 0.6) is 0 Å². The summed E-state index contributed by atoms with van der Waals surface area (Å²) in [7, 11) is 0. The van der Waals surface area contributed by atoms with E-state index < -0.39 is 23.9 Å². The molecule has 1 heterocycles. The van der Waals surface area contributed by atoms with E-state index in [1.165, 1.54) is 5.43 Å². The van der Waals surface area contributed by atoms with E-state index in [0.717, 1.165) is 13.0 Å². The highest BCUT2D eigenvalue weighted by Gasteiger charge is 2.39. The van der Waals surface area contributed by atoms with Gasteiger partial charge in [-0.05, 0) is 19.4 Å². The van der Waals surface area contributed by atoms with Crippen LogP contribution in [0.1, 0.15) is 12.8 Å². The summed E-state index contributed by atoms with van der Waals surface area (Å²) in [5.41, 5.74) is 3.09. The molecular weight excluding hydrogens is 227 g/mol. The Morgan fingerprint density at radius 3 is 2.44 bits per heavy atom. The largest absolute Gasteiger partial charge is 0.472 e. The van der Waals surface area contributed by atoms with E-state index in [1.54, 1.807) is 5.43 Å². The van der Waals surface area contributed by atoms with Crippen molar-refractivity contribution in [2.45, 2.75) is 19.0 Å². The minimum atomic E-state index is -4.99. The second kappa shape index (κ2) is 5.15. The van der Waals surface area contributed by atoms with Gasteiger partial charge in [0.05, 0.1) is 5.92 Å². The molecule has 0 aromatic rings. The van der Waals surface area contributed by atoms with Gasteiger partial charge in [0.2, 0.25) is 5.91 Å². The van der Waals surface area contributed by atoms with Crippen molar-refractivity contribution < 1.29 is 22.8 Å². The number of hydrazine groups is 1. The zero-order valence-electron chi connectivity index (χ0n) is 8.36. The van der Waals surface area contributed by atoms with Gasteiger partial charge in [0, 0.05) is 6.54 Å². The van der Waals surface area contributed by atoms with E-state index in [2.05, 4.69) is 5.32 Å². The summed E-state index contributed by atoms with van der Waals surface area (Å²) in [6.45, 7) is 1.20. The summed E-state index contributed by atoms with van der Waals surface area (Å²) in [6, 6.07) is 0.